The van der Waals surface area contributed by atoms with E-state index in [0.29, 0.717) is 6.04 Å². The van der Waals surface area contributed by atoms with Crippen molar-refractivity contribution in [1.29, 1.82) is 0 Å². The number of carbonyl (C=O) groups excluding carboxylic acids is 1. The molecule has 23 heavy (non-hydrogen) atoms. The number of hydrogen-bond donors (Lipinski definition) is 1. The van der Waals surface area contributed by atoms with Gasteiger partial charge in [-0.25, -0.2) is 0 Å². The molecular weight excluding hydrogens is 288 g/mol. The zero-order valence-electron chi connectivity index (χ0n) is 14.3. The molecule has 1 unspecified atom stereocenters. The first kappa shape index (κ1) is 16.4. The molecule has 1 N–H and O–H groups in total. The molecule has 1 amide bonds. The predicted octanol–water partition coefficient (Wildman–Crippen LogP) is 0.868. The van der Waals surface area contributed by atoms with Gasteiger partial charge in [0.25, 0.3) is 5.91 Å². The molecule has 0 spiro atoms. The summed E-state index contributed by atoms with van der Waals surface area (Å²) in [6, 6.07) is 8.60. The fourth-order valence-electron chi connectivity index (χ4n) is 3.62. The van der Waals surface area contributed by atoms with E-state index in [2.05, 4.69) is 21.2 Å². The molecule has 0 radical (unpaired) electrons. The van der Waals surface area contributed by atoms with Crippen LogP contribution in [0.25, 0.3) is 0 Å². The van der Waals surface area contributed by atoms with E-state index in [1.54, 1.807) is 0 Å². The quantitative estimate of drug-likeness (QED) is 0.895. The minimum absolute atomic E-state index is 0.184. The highest BCUT2D eigenvalue weighted by molar-refractivity contribution is 5.94. The van der Waals surface area contributed by atoms with E-state index in [-0.39, 0.29) is 5.91 Å². The van der Waals surface area contributed by atoms with Gasteiger partial charge >= 0.3 is 0 Å². The number of nitrogens with zero attached hydrogens (tertiary/aromatic N) is 3. The van der Waals surface area contributed by atoms with Crippen LogP contribution >= 0.6 is 0 Å². The second-order valence-corrected chi connectivity index (χ2v) is 6.92. The highest BCUT2D eigenvalue weighted by Gasteiger charge is 2.31. The van der Waals surface area contributed by atoms with Gasteiger partial charge in [0.15, 0.2) is 0 Å². The molecule has 1 aromatic rings. The van der Waals surface area contributed by atoms with E-state index in [1.807, 2.05) is 37.2 Å². The fourth-order valence-corrected chi connectivity index (χ4v) is 3.62. The van der Waals surface area contributed by atoms with E-state index in [1.165, 1.54) is 5.56 Å². The van der Waals surface area contributed by atoms with E-state index < -0.39 is 0 Å². The monoisotopic (exact) mass is 316 g/mol. The Morgan fingerprint density at radius 1 is 1.26 bits per heavy atom. The number of carbonyl (C=O) groups is 1. The van der Waals surface area contributed by atoms with Crippen LogP contribution in [0, 0.1) is 0 Å². The average molecular weight is 316 g/mol. The molecule has 0 saturated carbocycles. The lowest BCUT2D eigenvalue weighted by Gasteiger charge is -2.32. The maximum Gasteiger partial charge on any atom is 0.253 e. The van der Waals surface area contributed by atoms with Gasteiger partial charge in [0.2, 0.25) is 0 Å². The molecule has 2 aliphatic rings. The van der Waals surface area contributed by atoms with Gasteiger partial charge in [0.1, 0.15) is 0 Å². The van der Waals surface area contributed by atoms with Crippen LogP contribution in [0.2, 0.25) is 0 Å². The van der Waals surface area contributed by atoms with E-state index >= 15 is 0 Å². The van der Waals surface area contributed by atoms with Crippen molar-refractivity contribution < 1.29 is 4.79 Å². The lowest BCUT2D eigenvalue weighted by Crippen LogP contribution is -2.49. The lowest BCUT2D eigenvalue weighted by molar-refractivity contribution is 0.0773. The Bertz CT molecular complexity index is 540. The van der Waals surface area contributed by atoms with Crippen molar-refractivity contribution in [3.05, 3.63) is 35.4 Å². The summed E-state index contributed by atoms with van der Waals surface area (Å²) < 4.78 is 0. The van der Waals surface area contributed by atoms with E-state index in [0.717, 1.165) is 57.8 Å². The van der Waals surface area contributed by atoms with Crippen molar-refractivity contribution >= 4 is 5.91 Å². The third kappa shape index (κ3) is 4.10. The van der Waals surface area contributed by atoms with Crippen molar-refractivity contribution in [2.45, 2.75) is 19.0 Å². The summed E-state index contributed by atoms with van der Waals surface area (Å²) >= 11 is 0. The summed E-state index contributed by atoms with van der Waals surface area (Å²) in [4.78, 5) is 19.5. The van der Waals surface area contributed by atoms with Gasteiger partial charge in [0, 0.05) is 57.4 Å². The molecular formula is C18H28N4O. The SMILES string of the molecule is CN(C)Cc1cccc(C(=O)N2CCC(N3CCNCC3)C2)c1. The van der Waals surface area contributed by atoms with Crippen LogP contribution in [0.3, 0.4) is 0 Å². The molecule has 0 aliphatic carbocycles. The summed E-state index contributed by atoms with van der Waals surface area (Å²) in [6.07, 6.45) is 1.10. The van der Waals surface area contributed by atoms with Crippen molar-refractivity contribution in [2.75, 3.05) is 53.4 Å². The minimum atomic E-state index is 0.184. The summed E-state index contributed by atoms with van der Waals surface area (Å²) in [6.45, 7) is 6.96. The number of rotatable bonds is 4. The van der Waals surface area contributed by atoms with Gasteiger partial charge in [0.05, 0.1) is 0 Å². The summed E-state index contributed by atoms with van der Waals surface area (Å²) in [5.41, 5.74) is 2.02. The molecule has 2 fully saturated rings. The fraction of sp³-hybridized carbons (Fsp3) is 0.611. The van der Waals surface area contributed by atoms with Gasteiger partial charge in [-0.2, -0.15) is 0 Å². The highest BCUT2D eigenvalue weighted by Crippen LogP contribution is 2.19. The van der Waals surface area contributed by atoms with Crippen LogP contribution in [0.5, 0.6) is 0 Å². The number of amides is 1. The highest BCUT2D eigenvalue weighted by atomic mass is 16.2. The number of nitrogens with one attached hydrogen (secondary N) is 1. The Morgan fingerprint density at radius 3 is 2.78 bits per heavy atom. The number of piperazine rings is 1. The van der Waals surface area contributed by atoms with Gasteiger partial charge in [-0.3, -0.25) is 9.69 Å². The Morgan fingerprint density at radius 2 is 2.04 bits per heavy atom. The molecule has 2 heterocycles. The van der Waals surface area contributed by atoms with Gasteiger partial charge in [-0.15, -0.1) is 0 Å². The van der Waals surface area contributed by atoms with Gasteiger partial charge in [-0.1, -0.05) is 12.1 Å². The van der Waals surface area contributed by atoms with Crippen molar-refractivity contribution in [3.8, 4) is 0 Å². The zero-order chi connectivity index (χ0) is 16.2. The van der Waals surface area contributed by atoms with Crippen molar-refractivity contribution in [2.24, 2.45) is 0 Å². The van der Waals surface area contributed by atoms with Crippen molar-refractivity contribution in [1.82, 2.24) is 20.0 Å². The first-order valence-electron chi connectivity index (χ1n) is 8.61. The lowest BCUT2D eigenvalue weighted by atomic mass is 10.1. The third-order valence-electron chi connectivity index (χ3n) is 4.79. The summed E-state index contributed by atoms with van der Waals surface area (Å²) in [7, 11) is 4.10. The molecule has 2 saturated heterocycles. The second kappa shape index (κ2) is 7.43. The molecule has 5 heteroatoms. The summed E-state index contributed by atoms with van der Waals surface area (Å²) in [5.74, 6) is 0.184. The number of likely N-dealkylation sites (tertiary alicyclic amines) is 1. The molecule has 5 nitrogen and oxygen atoms in total. The minimum Gasteiger partial charge on any atom is -0.337 e. The largest absolute Gasteiger partial charge is 0.337 e. The maximum absolute atomic E-state index is 12.8. The molecule has 1 aromatic carbocycles. The topological polar surface area (TPSA) is 38.8 Å². The average Bonchev–Trinajstić information content (AvgIpc) is 3.04. The van der Waals surface area contributed by atoms with Crippen LogP contribution in [-0.2, 0) is 6.54 Å². The van der Waals surface area contributed by atoms with Gasteiger partial charge < -0.3 is 15.1 Å². The molecule has 126 valence electrons. The van der Waals surface area contributed by atoms with Crippen LogP contribution < -0.4 is 5.32 Å². The first-order valence-corrected chi connectivity index (χ1v) is 8.61. The molecule has 0 aromatic heterocycles. The number of benzene rings is 1. The van der Waals surface area contributed by atoms with E-state index in [4.69, 9.17) is 0 Å². The first-order chi connectivity index (χ1) is 11.1. The standard InChI is InChI=1S/C18H28N4O/c1-20(2)13-15-4-3-5-16(12-15)18(23)22-9-6-17(14-22)21-10-7-19-8-11-21/h3-5,12,17,19H,6-11,13-14H2,1-2H3. The van der Waals surface area contributed by atoms with Crippen LogP contribution in [0.4, 0.5) is 0 Å². The molecule has 3 rings (SSSR count). The second-order valence-electron chi connectivity index (χ2n) is 6.92. The van der Waals surface area contributed by atoms with Crippen molar-refractivity contribution in [3.63, 3.8) is 0 Å². The van der Waals surface area contributed by atoms with Gasteiger partial charge in [-0.05, 0) is 38.2 Å². The van der Waals surface area contributed by atoms with Crippen LogP contribution in [0.1, 0.15) is 22.3 Å². The Balaban J connectivity index is 1.62. The summed E-state index contributed by atoms with van der Waals surface area (Å²) in [5, 5.41) is 3.39. The number of hydrogen-bond acceptors (Lipinski definition) is 4. The maximum atomic E-state index is 12.8. The Labute approximate surface area is 139 Å². The van der Waals surface area contributed by atoms with E-state index in [9.17, 15) is 4.79 Å². The third-order valence-corrected chi connectivity index (χ3v) is 4.79. The Hall–Kier alpha value is -1.43. The Kier molecular flexibility index (Phi) is 5.30. The van der Waals surface area contributed by atoms with Crippen LogP contribution in [0.15, 0.2) is 24.3 Å². The normalized spacial score (nSPS) is 22.7. The predicted molar refractivity (Wildman–Crippen MR) is 92.6 cm³/mol. The van der Waals surface area contributed by atoms with Crippen LogP contribution in [-0.4, -0.2) is 80.0 Å². The molecule has 0 bridgehead atoms. The zero-order valence-corrected chi connectivity index (χ0v) is 14.3. The molecule has 2 aliphatic heterocycles. The smallest absolute Gasteiger partial charge is 0.253 e. The molecule has 1 atom stereocenters.